The van der Waals surface area contributed by atoms with Crippen LogP contribution in [-0.4, -0.2) is 31.0 Å². The standard InChI is InChI=1S/C14H24N2O4S/c1-8(2)14(5,6)7-15-21(19,20)12-9(3)11(13(17)18)16-10(12)4/h8,15-16H,7H2,1-6H3,(H,17,18). The lowest BCUT2D eigenvalue weighted by atomic mass is 9.81. The first-order valence-corrected chi connectivity index (χ1v) is 8.30. The summed E-state index contributed by atoms with van der Waals surface area (Å²) in [5.74, 6) is -0.859. The van der Waals surface area contributed by atoms with Gasteiger partial charge in [-0.25, -0.2) is 17.9 Å². The topological polar surface area (TPSA) is 99.3 Å². The molecule has 0 saturated heterocycles. The van der Waals surface area contributed by atoms with Crippen molar-refractivity contribution < 1.29 is 18.3 Å². The number of aromatic amines is 1. The third-order valence-electron chi connectivity index (χ3n) is 4.13. The maximum absolute atomic E-state index is 12.5. The molecule has 3 N–H and O–H groups in total. The molecule has 0 fully saturated rings. The summed E-state index contributed by atoms with van der Waals surface area (Å²) >= 11 is 0. The molecule has 0 aliphatic carbocycles. The van der Waals surface area contributed by atoms with Crippen LogP contribution in [0, 0.1) is 25.2 Å². The van der Waals surface area contributed by atoms with Gasteiger partial charge in [-0.15, -0.1) is 0 Å². The molecule has 0 aliphatic rings. The van der Waals surface area contributed by atoms with E-state index >= 15 is 0 Å². The van der Waals surface area contributed by atoms with E-state index in [4.69, 9.17) is 5.11 Å². The average Bonchev–Trinajstić information content (AvgIpc) is 2.63. The van der Waals surface area contributed by atoms with Gasteiger partial charge in [0.2, 0.25) is 10.0 Å². The summed E-state index contributed by atoms with van der Waals surface area (Å²) in [5.41, 5.74) is 0.284. The third kappa shape index (κ3) is 3.65. The predicted octanol–water partition coefficient (Wildman–Crippen LogP) is 2.29. The number of carboxylic acids is 1. The maximum atomic E-state index is 12.5. The second-order valence-electron chi connectivity index (χ2n) is 6.35. The molecule has 0 aliphatic heterocycles. The number of carboxylic acid groups (broad SMARTS) is 1. The van der Waals surface area contributed by atoms with Crippen molar-refractivity contribution in [2.75, 3.05) is 6.54 Å². The highest BCUT2D eigenvalue weighted by atomic mass is 32.2. The van der Waals surface area contributed by atoms with Gasteiger partial charge in [0, 0.05) is 17.8 Å². The van der Waals surface area contributed by atoms with Crippen LogP contribution in [-0.2, 0) is 10.0 Å². The van der Waals surface area contributed by atoms with Crippen LogP contribution in [0.4, 0.5) is 0 Å². The van der Waals surface area contributed by atoms with Crippen LogP contribution in [0.25, 0.3) is 0 Å². The van der Waals surface area contributed by atoms with Crippen LogP contribution in [0.2, 0.25) is 0 Å². The Morgan fingerprint density at radius 2 is 1.86 bits per heavy atom. The van der Waals surface area contributed by atoms with E-state index in [0.29, 0.717) is 18.2 Å². The van der Waals surface area contributed by atoms with Crippen molar-refractivity contribution in [1.29, 1.82) is 0 Å². The molecule has 0 amide bonds. The average molecular weight is 316 g/mol. The quantitative estimate of drug-likeness (QED) is 0.749. The summed E-state index contributed by atoms with van der Waals surface area (Å²) in [7, 11) is -3.75. The molecule has 0 atom stereocenters. The predicted molar refractivity (Wildman–Crippen MR) is 81.0 cm³/mol. The van der Waals surface area contributed by atoms with Crippen LogP contribution in [0.3, 0.4) is 0 Å². The molecule has 0 unspecified atom stereocenters. The van der Waals surface area contributed by atoms with E-state index in [-0.39, 0.29) is 21.6 Å². The van der Waals surface area contributed by atoms with Gasteiger partial charge >= 0.3 is 5.97 Å². The van der Waals surface area contributed by atoms with E-state index in [0.717, 1.165) is 0 Å². The van der Waals surface area contributed by atoms with Crippen molar-refractivity contribution in [2.45, 2.75) is 46.4 Å². The molecule has 120 valence electrons. The number of aromatic carboxylic acids is 1. The van der Waals surface area contributed by atoms with Gasteiger partial charge in [-0.2, -0.15) is 0 Å². The van der Waals surface area contributed by atoms with Gasteiger partial charge in [-0.05, 0) is 25.2 Å². The van der Waals surface area contributed by atoms with Crippen molar-refractivity contribution in [3.05, 3.63) is 17.0 Å². The number of aromatic nitrogens is 1. The number of hydrogen-bond acceptors (Lipinski definition) is 3. The highest BCUT2D eigenvalue weighted by Gasteiger charge is 2.29. The van der Waals surface area contributed by atoms with E-state index in [2.05, 4.69) is 9.71 Å². The molecule has 0 bridgehead atoms. The first-order chi connectivity index (χ1) is 9.40. The zero-order chi connectivity index (χ0) is 16.6. The SMILES string of the molecule is Cc1[nH]c(C(=O)O)c(C)c1S(=O)(=O)NCC(C)(C)C(C)C. The molecule has 6 nitrogen and oxygen atoms in total. The zero-order valence-electron chi connectivity index (χ0n) is 13.4. The molecule has 0 radical (unpaired) electrons. The fraction of sp³-hybridized carbons (Fsp3) is 0.643. The summed E-state index contributed by atoms with van der Waals surface area (Å²) in [4.78, 5) is 13.7. The summed E-state index contributed by atoms with van der Waals surface area (Å²) in [5, 5.41) is 9.05. The summed E-state index contributed by atoms with van der Waals surface area (Å²) < 4.78 is 27.5. The molecule has 1 rings (SSSR count). The number of H-pyrrole nitrogens is 1. The summed E-state index contributed by atoms with van der Waals surface area (Å²) in [6.45, 7) is 11.4. The van der Waals surface area contributed by atoms with E-state index in [1.54, 1.807) is 6.92 Å². The van der Waals surface area contributed by atoms with Crippen LogP contribution in [0.5, 0.6) is 0 Å². The Balaban J connectivity index is 3.13. The van der Waals surface area contributed by atoms with E-state index in [1.165, 1.54) is 6.92 Å². The molecular weight excluding hydrogens is 292 g/mol. The monoisotopic (exact) mass is 316 g/mol. The van der Waals surface area contributed by atoms with Crippen molar-refractivity contribution in [2.24, 2.45) is 11.3 Å². The third-order valence-corrected chi connectivity index (χ3v) is 5.81. The van der Waals surface area contributed by atoms with Crippen molar-refractivity contribution >= 4 is 16.0 Å². The second kappa shape index (κ2) is 5.81. The number of hydrogen-bond donors (Lipinski definition) is 3. The van der Waals surface area contributed by atoms with Crippen molar-refractivity contribution in [3.63, 3.8) is 0 Å². The van der Waals surface area contributed by atoms with E-state index < -0.39 is 16.0 Å². The Morgan fingerprint density at radius 1 is 1.33 bits per heavy atom. The number of nitrogens with one attached hydrogen (secondary N) is 2. The Kier molecular flexibility index (Phi) is 4.90. The van der Waals surface area contributed by atoms with Gasteiger partial charge in [-0.1, -0.05) is 27.7 Å². The van der Waals surface area contributed by atoms with Gasteiger partial charge in [-0.3, -0.25) is 0 Å². The largest absolute Gasteiger partial charge is 0.477 e. The van der Waals surface area contributed by atoms with Gasteiger partial charge in [0.1, 0.15) is 10.6 Å². The highest BCUT2D eigenvalue weighted by Crippen LogP contribution is 2.27. The lowest BCUT2D eigenvalue weighted by molar-refractivity contribution is 0.0690. The Labute approximate surface area is 126 Å². The summed E-state index contributed by atoms with van der Waals surface area (Å²) in [6, 6.07) is 0. The minimum Gasteiger partial charge on any atom is -0.477 e. The van der Waals surface area contributed by atoms with Gasteiger partial charge in [0.05, 0.1) is 0 Å². The first kappa shape index (κ1) is 17.7. The maximum Gasteiger partial charge on any atom is 0.352 e. The number of aryl methyl sites for hydroxylation is 1. The minimum absolute atomic E-state index is 0.0273. The molecule has 1 aromatic heterocycles. The molecule has 0 spiro atoms. The minimum atomic E-state index is -3.75. The molecule has 7 heteroatoms. The normalized spacial score (nSPS) is 12.9. The van der Waals surface area contributed by atoms with E-state index in [9.17, 15) is 13.2 Å². The lowest BCUT2D eigenvalue weighted by Crippen LogP contribution is -2.37. The molecule has 1 aromatic rings. The molecule has 0 saturated carbocycles. The lowest BCUT2D eigenvalue weighted by Gasteiger charge is -2.29. The van der Waals surface area contributed by atoms with Crippen LogP contribution in [0.1, 0.15) is 49.4 Å². The van der Waals surface area contributed by atoms with Crippen LogP contribution < -0.4 is 4.72 Å². The molecular formula is C14H24N2O4S. The first-order valence-electron chi connectivity index (χ1n) is 6.82. The van der Waals surface area contributed by atoms with E-state index in [1.807, 2.05) is 27.7 Å². The fourth-order valence-electron chi connectivity index (χ4n) is 1.91. The Morgan fingerprint density at radius 3 is 2.24 bits per heavy atom. The molecule has 1 heterocycles. The zero-order valence-corrected chi connectivity index (χ0v) is 14.2. The fourth-order valence-corrected chi connectivity index (χ4v) is 3.57. The molecule has 0 aromatic carbocycles. The van der Waals surface area contributed by atoms with Gasteiger partial charge < -0.3 is 10.1 Å². The summed E-state index contributed by atoms with van der Waals surface area (Å²) in [6.07, 6.45) is 0. The Bertz CT molecular complexity index is 642. The van der Waals surface area contributed by atoms with Crippen molar-refractivity contribution in [1.82, 2.24) is 9.71 Å². The highest BCUT2D eigenvalue weighted by molar-refractivity contribution is 7.89. The van der Waals surface area contributed by atoms with Crippen LogP contribution >= 0.6 is 0 Å². The number of sulfonamides is 1. The Hall–Kier alpha value is -1.34. The van der Waals surface area contributed by atoms with Gasteiger partial charge in [0.25, 0.3) is 0 Å². The van der Waals surface area contributed by atoms with Gasteiger partial charge in [0.15, 0.2) is 0 Å². The smallest absolute Gasteiger partial charge is 0.352 e. The second-order valence-corrected chi connectivity index (χ2v) is 8.06. The molecule has 21 heavy (non-hydrogen) atoms. The van der Waals surface area contributed by atoms with Crippen molar-refractivity contribution in [3.8, 4) is 0 Å². The van der Waals surface area contributed by atoms with Crippen LogP contribution in [0.15, 0.2) is 4.90 Å². The number of rotatable bonds is 6. The number of carbonyl (C=O) groups is 1.